The Hall–Kier alpha value is -4.20. The molecule has 0 aromatic heterocycles. The van der Waals surface area contributed by atoms with Crippen LogP contribution in [-0.2, 0) is 0 Å². The first-order valence-electron chi connectivity index (χ1n) is 13.5. The van der Waals surface area contributed by atoms with Crippen molar-refractivity contribution >= 4 is 23.2 Å². The van der Waals surface area contributed by atoms with Crippen molar-refractivity contribution in [3.8, 4) is 17.2 Å². The molecule has 206 valence electrons. The largest absolute Gasteiger partial charge is 0.490 e. The van der Waals surface area contributed by atoms with E-state index in [0.717, 1.165) is 29.9 Å². The second-order valence-electron chi connectivity index (χ2n) is 9.20. The molecule has 0 spiro atoms. The molecule has 8 nitrogen and oxygen atoms in total. The Balaban J connectivity index is 1.40. The van der Waals surface area contributed by atoms with Crippen molar-refractivity contribution < 1.29 is 23.8 Å². The Kier molecular flexibility index (Phi) is 9.31. The molecule has 2 amide bonds. The minimum atomic E-state index is -0.268. The SMILES string of the molecule is CCOc1cc(C(=O)Nc2ccc(N3CCN(C(=O)c4ccccc4C)CC3)cc2)cc(OCC)c1OCC. The highest BCUT2D eigenvalue weighted by molar-refractivity contribution is 6.05. The number of rotatable bonds is 10. The number of anilines is 2. The van der Waals surface area contributed by atoms with E-state index in [0.29, 0.717) is 61.4 Å². The number of nitrogens with zero attached hydrogens (tertiary/aromatic N) is 2. The summed E-state index contributed by atoms with van der Waals surface area (Å²) in [7, 11) is 0. The summed E-state index contributed by atoms with van der Waals surface area (Å²) in [5.74, 6) is 1.27. The average molecular weight is 532 g/mol. The topological polar surface area (TPSA) is 80.3 Å². The van der Waals surface area contributed by atoms with Gasteiger partial charge in [-0.3, -0.25) is 9.59 Å². The summed E-state index contributed by atoms with van der Waals surface area (Å²) in [6, 6.07) is 18.8. The summed E-state index contributed by atoms with van der Waals surface area (Å²) < 4.78 is 17.2. The lowest BCUT2D eigenvalue weighted by Crippen LogP contribution is -2.48. The highest BCUT2D eigenvalue weighted by atomic mass is 16.5. The molecule has 1 aliphatic rings. The molecule has 1 heterocycles. The third-order valence-corrected chi connectivity index (χ3v) is 6.60. The number of amides is 2. The van der Waals surface area contributed by atoms with Crippen molar-refractivity contribution in [3.63, 3.8) is 0 Å². The molecule has 0 saturated carbocycles. The van der Waals surface area contributed by atoms with E-state index < -0.39 is 0 Å². The number of aryl methyl sites for hydroxylation is 1. The van der Waals surface area contributed by atoms with Crippen molar-refractivity contribution in [1.29, 1.82) is 0 Å². The zero-order chi connectivity index (χ0) is 27.8. The minimum absolute atomic E-state index is 0.0834. The van der Waals surface area contributed by atoms with Gasteiger partial charge in [0.05, 0.1) is 19.8 Å². The molecule has 8 heteroatoms. The first-order chi connectivity index (χ1) is 18.9. The number of hydrogen-bond donors (Lipinski definition) is 1. The zero-order valence-electron chi connectivity index (χ0n) is 23.2. The number of nitrogens with one attached hydrogen (secondary N) is 1. The second-order valence-corrected chi connectivity index (χ2v) is 9.20. The fourth-order valence-electron chi connectivity index (χ4n) is 4.63. The fourth-order valence-corrected chi connectivity index (χ4v) is 4.63. The molecule has 0 unspecified atom stereocenters. The first kappa shape index (κ1) is 27.8. The Morgan fingerprint density at radius 3 is 1.95 bits per heavy atom. The Morgan fingerprint density at radius 1 is 0.795 bits per heavy atom. The van der Waals surface area contributed by atoms with E-state index in [9.17, 15) is 9.59 Å². The van der Waals surface area contributed by atoms with Gasteiger partial charge >= 0.3 is 0 Å². The molecule has 3 aromatic carbocycles. The number of carbonyl (C=O) groups excluding carboxylic acids is 2. The van der Waals surface area contributed by atoms with Crippen LogP contribution in [0.4, 0.5) is 11.4 Å². The van der Waals surface area contributed by atoms with Crippen LogP contribution in [0, 0.1) is 6.92 Å². The van der Waals surface area contributed by atoms with Crippen LogP contribution in [0.5, 0.6) is 17.2 Å². The van der Waals surface area contributed by atoms with Crippen LogP contribution in [-0.4, -0.2) is 62.7 Å². The van der Waals surface area contributed by atoms with Crippen LogP contribution >= 0.6 is 0 Å². The number of hydrogen-bond acceptors (Lipinski definition) is 6. The molecule has 1 saturated heterocycles. The lowest BCUT2D eigenvalue weighted by atomic mass is 10.1. The molecular weight excluding hydrogens is 494 g/mol. The van der Waals surface area contributed by atoms with Crippen LogP contribution in [0.25, 0.3) is 0 Å². The number of benzene rings is 3. The van der Waals surface area contributed by atoms with Crippen LogP contribution in [0.3, 0.4) is 0 Å². The van der Waals surface area contributed by atoms with Gasteiger partial charge in [0.1, 0.15) is 0 Å². The normalized spacial score (nSPS) is 13.1. The number of carbonyl (C=O) groups is 2. The predicted octanol–water partition coefficient (Wildman–Crippen LogP) is 5.41. The molecular formula is C31H37N3O5. The molecule has 4 rings (SSSR count). The highest BCUT2D eigenvalue weighted by Gasteiger charge is 2.23. The van der Waals surface area contributed by atoms with Gasteiger partial charge in [-0.15, -0.1) is 0 Å². The quantitative estimate of drug-likeness (QED) is 0.377. The van der Waals surface area contributed by atoms with Gasteiger partial charge in [-0.05, 0) is 75.7 Å². The Bertz CT molecular complexity index is 1260. The monoisotopic (exact) mass is 531 g/mol. The minimum Gasteiger partial charge on any atom is -0.490 e. The third-order valence-electron chi connectivity index (χ3n) is 6.60. The van der Waals surface area contributed by atoms with Gasteiger partial charge < -0.3 is 29.3 Å². The maximum atomic E-state index is 13.1. The first-order valence-corrected chi connectivity index (χ1v) is 13.5. The fraction of sp³-hybridized carbons (Fsp3) is 0.355. The summed E-state index contributed by atoms with van der Waals surface area (Å²) in [6.45, 7) is 11.8. The van der Waals surface area contributed by atoms with Crippen molar-refractivity contribution in [3.05, 3.63) is 77.4 Å². The maximum absolute atomic E-state index is 13.1. The van der Waals surface area contributed by atoms with E-state index in [1.165, 1.54) is 0 Å². The Morgan fingerprint density at radius 2 is 1.38 bits per heavy atom. The molecule has 3 aromatic rings. The second kappa shape index (κ2) is 13.0. The molecule has 39 heavy (non-hydrogen) atoms. The smallest absolute Gasteiger partial charge is 0.255 e. The van der Waals surface area contributed by atoms with Gasteiger partial charge in [0.2, 0.25) is 5.75 Å². The molecule has 0 aliphatic carbocycles. The third kappa shape index (κ3) is 6.63. The van der Waals surface area contributed by atoms with Crippen molar-refractivity contribution in [1.82, 2.24) is 4.90 Å². The van der Waals surface area contributed by atoms with E-state index in [4.69, 9.17) is 14.2 Å². The standard InChI is InChI=1S/C31H37N3O5/c1-5-37-27-20-23(21-28(38-6-2)29(27)39-7-3)30(35)32-24-12-14-25(15-13-24)33-16-18-34(19-17-33)31(36)26-11-9-8-10-22(26)4/h8-15,20-21H,5-7,16-19H2,1-4H3,(H,32,35). The van der Waals surface area contributed by atoms with Gasteiger partial charge in [-0.1, -0.05) is 18.2 Å². The summed E-state index contributed by atoms with van der Waals surface area (Å²) in [5.41, 5.74) is 3.91. The van der Waals surface area contributed by atoms with Crippen LogP contribution in [0.1, 0.15) is 47.1 Å². The maximum Gasteiger partial charge on any atom is 0.255 e. The molecule has 1 N–H and O–H groups in total. The summed E-state index contributed by atoms with van der Waals surface area (Å²) in [5, 5.41) is 2.96. The Labute approximate surface area is 230 Å². The van der Waals surface area contributed by atoms with E-state index in [1.54, 1.807) is 12.1 Å². The highest BCUT2D eigenvalue weighted by Crippen LogP contribution is 2.39. The van der Waals surface area contributed by atoms with Gasteiger partial charge in [0.15, 0.2) is 11.5 Å². The molecule has 0 radical (unpaired) electrons. The zero-order valence-corrected chi connectivity index (χ0v) is 23.2. The lowest BCUT2D eigenvalue weighted by Gasteiger charge is -2.36. The van der Waals surface area contributed by atoms with Crippen LogP contribution < -0.4 is 24.4 Å². The summed E-state index contributed by atoms with van der Waals surface area (Å²) >= 11 is 0. The van der Waals surface area contributed by atoms with E-state index in [1.807, 2.05) is 81.1 Å². The van der Waals surface area contributed by atoms with Crippen molar-refractivity contribution in [2.75, 3.05) is 56.2 Å². The van der Waals surface area contributed by atoms with Gasteiger partial charge in [0.25, 0.3) is 11.8 Å². The molecule has 0 atom stereocenters. The van der Waals surface area contributed by atoms with E-state index in [-0.39, 0.29) is 11.8 Å². The summed E-state index contributed by atoms with van der Waals surface area (Å²) in [4.78, 5) is 30.2. The van der Waals surface area contributed by atoms with Crippen molar-refractivity contribution in [2.24, 2.45) is 0 Å². The van der Waals surface area contributed by atoms with Crippen LogP contribution in [0.15, 0.2) is 60.7 Å². The molecule has 1 aliphatic heterocycles. The average Bonchev–Trinajstić information content (AvgIpc) is 2.95. The van der Waals surface area contributed by atoms with Gasteiger partial charge in [-0.2, -0.15) is 0 Å². The van der Waals surface area contributed by atoms with E-state index >= 15 is 0 Å². The van der Waals surface area contributed by atoms with Gasteiger partial charge in [-0.25, -0.2) is 0 Å². The molecule has 0 bridgehead atoms. The summed E-state index contributed by atoms with van der Waals surface area (Å²) in [6.07, 6.45) is 0. The van der Waals surface area contributed by atoms with E-state index in [2.05, 4.69) is 10.2 Å². The van der Waals surface area contributed by atoms with Crippen molar-refractivity contribution in [2.45, 2.75) is 27.7 Å². The number of ether oxygens (including phenoxy) is 3. The molecule has 1 fully saturated rings. The van der Waals surface area contributed by atoms with Gasteiger partial charge in [0, 0.05) is 48.7 Å². The van der Waals surface area contributed by atoms with Crippen LogP contribution in [0.2, 0.25) is 0 Å². The number of piperazine rings is 1. The lowest BCUT2D eigenvalue weighted by molar-refractivity contribution is 0.0746. The predicted molar refractivity (Wildman–Crippen MR) is 154 cm³/mol.